The SMILES string of the molecule is Cc1cccc(O[C@@H](C)C(=O)OCCN2C(=O)c3ccccc3C2=O)c1. The van der Waals surface area contributed by atoms with Crippen molar-refractivity contribution < 1.29 is 23.9 Å². The Kier molecular flexibility index (Phi) is 5.02. The molecule has 2 aromatic rings. The Hall–Kier alpha value is -3.15. The Bertz CT molecular complexity index is 826. The van der Waals surface area contributed by atoms with E-state index in [1.807, 2.05) is 25.1 Å². The van der Waals surface area contributed by atoms with Crippen LogP contribution in [0.3, 0.4) is 0 Å². The van der Waals surface area contributed by atoms with Gasteiger partial charge in [0.05, 0.1) is 17.7 Å². The van der Waals surface area contributed by atoms with Gasteiger partial charge < -0.3 is 9.47 Å². The summed E-state index contributed by atoms with van der Waals surface area (Å²) >= 11 is 0. The highest BCUT2D eigenvalue weighted by Gasteiger charge is 2.34. The van der Waals surface area contributed by atoms with Crippen LogP contribution in [-0.4, -0.2) is 41.9 Å². The van der Waals surface area contributed by atoms with Gasteiger partial charge in [0.25, 0.3) is 11.8 Å². The van der Waals surface area contributed by atoms with Crippen LogP contribution in [-0.2, 0) is 9.53 Å². The predicted octanol–water partition coefficient (Wildman–Crippen LogP) is 2.60. The number of benzene rings is 2. The molecule has 134 valence electrons. The minimum atomic E-state index is -0.793. The quantitative estimate of drug-likeness (QED) is 0.590. The van der Waals surface area contributed by atoms with E-state index in [2.05, 4.69) is 0 Å². The summed E-state index contributed by atoms with van der Waals surface area (Å²) < 4.78 is 10.7. The van der Waals surface area contributed by atoms with Crippen LogP contribution < -0.4 is 4.74 Å². The second-order valence-electron chi connectivity index (χ2n) is 6.05. The van der Waals surface area contributed by atoms with Crippen molar-refractivity contribution in [2.24, 2.45) is 0 Å². The molecule has 1 aliphatic heterocycles. The van der Waals surface area contributed by atoms with E-state index in [0.717, 1.165) is 10.5 Å². The van der Waals surface area contributed by atoms with Gasteiger partial charge in [-0.05, 0) is 43.7 Å². The van der Waals surface area contributed by atoms with Crippen molar-refractivity contribution in [2.75, 3.05) is 13.2 Å². The zero-order chi connectivity index (χ0) is 18.7. The smallest absolute Gasteiger partial charge is 0.347 e. The van der Waals surface area contributed by atoms with Crippen LogP contribution in [0.25, 0.3) is 0 Å². The van der Waals surface area contributed by atoms with Crippen LogP contribution >= 0.6 is 0 Å². The Morgan fingerprint density at radius 1 is 1.04 bits per heavy atom. The zero-order valence-corrected chi connectivity index (χ0v) is 14.6. The molecule has 0 spiro atoms. The molecule has 2 amide bonds. The van der Waals surface area contributed by atoms with E-state index in [9.17, 15) is 14.4 Å². The number of hydrogen-bond acceptors (Lipinski definition) is 5. The normalized spacial score (nSPS) is 14.2. The maximum absolute atomic E-state index is 12.2. The number of rotatable bonds is 6. The van der Waals surface area contributed by atoms with E-state index in [0.29, 0.717) is 16.9 Å². The highest BCUT2D eigenvalue weighted by atomic mass is 16.6. The van der Waals surface area contributed by atoms with Crippen molar-refractivity contribution in [3.05, 3.63) is 65.2 Å². The zero-order valence-electron chi connectivity index (χ0n) is 14.6. The molecule has 0 N–H and O–H groups in total. The van der Waals surface area contributed by atoms with Crippen molar-refractivity contribution in [2.45, 2.75) is 20.0 Å². The van der Waals surface area contributed by atoms with Gasteiger partial charge >= 0.3 is 5.97 Å². The molecule has 1 heterocycles. The third-order valence-corrected chi connectivity index (χ3v) is 4.07. The maximum Gasteiger partial charge on any atom is 0.347 e. The number of hydrogen-bond donors (Lipinski definition) is 0. The fourth-order valence-corrected chi connectivity index (χ4v) is 2.74. The summed E-state index contributed by atoms with van der Waals surface area (Å²) in [4.78, 5) is 37.6. The van der Waals surface area contributed by atoms with Gasteiger partial charge in [-0.2, -0.15) is 0 Å². The van der Waals surface area contributed by atoms with E-state index in [4.69, 9.17) is 9.47 Å². The first-order valence-electron chi connectivity index (χ1n) is 8.32. The Morgan fingerprint density at radius 2 is 1.69 bits per heavy atom. The monoisotopic (exact) mass is 353 g/mol. The summed E-state index contributed by atoms with van der Waals surface area (Å²) in [7, 11) is 0. The van der Waals surface area contributed by atoms with Crippen LogP contribution in [0, 0.1) is 6.92 Å². The van der Waals surface area contributed by atoms with Crippen molar-refractivity contribution in [1.29, 1.82) is 0 Å². The van der Waals surface area contributed by atoms with Gasteiger partial charge in [-0.25, -0.2) is 4.79 Å². The van der Waals surface area contributed by atoms with Crippen LogP contribution in [0.5, 0.6) is 5.75 Å². The second kappa shape index (κ2) is 7.39. The molecule has 0 fully saturated rings. The first-order valence-corrected chi connectivity index (χ1v) is 8.32. The topological polar surface area (TPSA) is 72.9 Å². The number of carbonyl (C=O) groups is 3. The van der Waals surface area contributed by atoms with Gasteiger partial charge in [0.2, 0.25) is 0 Å². The van der Waals surface area contributed by atoms with Crippen LogP contribution in [0.2, 0.25) is 0 Å². The number of carbonyl (C=O) groups excluding carboxylic acids is 3. The molecule has 2 aromatic carbocycles. The molecule has 6 heteroatoms. The lowest BCUT2D eigenvalue weighted by Gasteiger charge is -2.16. The number of ether oxygens (including phenoxy) is 2. The van der Waals surface area contributed by atoms with Crippen LogP contribution in [0.15, 0.2) is 48.5 Å². The van der Waals surface area contributed by atoms with Crippen molar-refractivity contribution >= 4 is 17.8 Å². The van der Waals surface area contributed by atoms with Crippen LogP contribution in [0.4, 0.5) is 0 Å². The van der Waals surface area contributed by atoms with Crippen molar-refractivity contribution in [3.63, 3.8) is 0 Å². The van der Waals surface area contributed by atoms with Gasteiger partial charge in [-0.15, -0.1) is 0 Å². The van der Waals surface area contributed by atoms with Gasteiger partial charge in [-0.3, -0.25) is 14.5 Å². The molecule has 0 radical (unpaired) electrons. The maximum atomic E-state index is 12.2. The predicted molar refractivity (Wildman–Crippen MR) is 94.0 cm³/mol. The first-order chi connectivity index (χ1) is 12.5. The number of esters is 1. The molecule has 1 atom stereocenters. The first kappa shape index (κ1) is 17.7. The molecule has 0 bridgehead atoms. The van der Waals surface area contributed by atoms with E-state index < -0.39 is 12.1 Å². The molecule has 0 saturated carbocycles. The fraction of sp³-hybridized carbons (Fsp3) is 0.250. The Balaban J connectivity index is 1.51. The Labute approximate surface area is 151 Å². The number of aryl methyl sites for hydroxylation is 1. The van der Waals surface area contributed by atoms with Gasteiger partial charge in [0.1, 0.15) is 12.4 Å². The molecule has 6 nitrogen and oxygen atoms in total. The average Bonchev–Trinajstić information content (AvgIpc) is 2.87. The lowest BCUT2D eigenvalue weighted by molar-refractivity contribution is -0.151. The van der Waals surface area contributed by atoms with E-state index in [1.165, 1.54) is 0 Å². The molecule has 1 aliphatic rings. The average molecular weight is 353 g/mol. The fourth-order valence-electron chi connectivity index (χ4n) is 2.74. The summed E-state index contributed by atoms with van der Waals surface area (Å²) in [5.41, 5.74) is 1.77. The lowest BCUT2D eigenvalue weighted by atomic mass is 10.1. The number of amides is 2. The molecule has 3 rings (SSSR count). The van der Waals surface area contributed by atoms with Crippen LogP contribution in [0.1, 0.15) is 33.2 Å². The minimum Gasteiger partial charge on any atom is -0.479 e. The lowest BCUT2D eigenvalue weighted by Crippen LogP contribution is -2.35. The Morgan fingerprint density at radius 3 is 2.31 bits per heavy atom. The van der Waals surface area contributed by atoms with Gasteiger partial charge in [-0.1, -0.05) is 24.3 Å². The van der Waals surface area contributed by atoms with E-state index in [1.54, 1.807) is 37.3 Å². The third kappa shape index (κ3) is 3.59. The highest BCUT2D eigenvalue weighted by Crippen LogP contribution is 2.22. The molecular weight excluding hydrogens is 334 g/mol. The molecule has 0 aromatic heterocycles. The third-order valence-electron chi connectivity index (χ3n) is 4.07. The molecular formula is C20H19NO5. The molecule has 0 unspecified atom stereocenters. The summed E-state index contributed by atoms with van der Waals surface area (Å²) in [6, 6.07) is 14.0. The minimum absolute atomic E-state index is 0.00918. The molecule has 0 aliphatic carbocycles. The van der Waals surface area contributed by atoms with Gasteiger partial charge in [0.15, 0.2) is 6.10 Å². The molecule has 0 saturated heterocycles. The largest absolute Gasteiger partial charge is 0.479 e. The summed E-state index contributed by atoms with van der Waals surface area (Å²) in [5, 5.41) is 0. The summed E-state index contributed by atoms with van der Waals surface area (Å²) in [6.45, 7) is 3.45. The standard InChI is InChI=1S/C20H19NO5/c1-13-6-5-7-15(12-13)26-14(2)20(24)25-11-10-21-18(22)16-8-3-4-9-17(16)19(21)23/h3-9,12,14H,10-11H2,1-2H3/t14-/m0/s1. The van der Waals surface area contributed by atoms with E-state index >= 15 is 0 Å². The molecule has 26 heavy (non-hydrogen) atoms. The summed E-state index contributed by atoms with van der Waals surface area (Å²) in [5.74, 6) is -0.714. The second-order valence-corrected chi connectivity index (χ2v) is 6.05. The van der Waals surface area contributed by atoms with Gasteiger partial charge in [0, 0.05) is 0 Å². The number of nitrogens with zero attached hydrogens (tertiary/aromatic N) is 1. The van der Waals surface area contributed by atoms with E-state index in [-0.39, 0.29) is 25.0 Å². The van der Waals surface area contributed by atoms with Crippen molar-refractivity contribution in [1.82, 2.24) is 4.90 Å². The highest BCUT2D eigenvalue weighted by molar-refractivity contribution is 6.21. The number of imide groups is 1. The number of fused-ring (bicyclic) bond motifs is 1. The van der Waals surface area contributed by atoms with Crippen molar-refractivity contribution in [3.8, 4) is 5.75 Å². The summed E-state index contributed by atoms with van der Waals surface area (Å²) in [6.07, 6.45) is -0.793.